The molecule has 0 radical (unpaired) electrons. The van der Waals surface area contributed by atoms with Gasteiger partial charge >= 0.3 is 5.70 Å². The summed E-state index contributed by atoms with van der Waals surface area (Å²) in [4.78, 5) is 16.0. The molecule has 6 nitrogen and oxygen atoms in total. The van der Waals surface area contributed by atoms with Crippen LogP contribution in [-0.4, -0.2) is 41.8 Å². The van der Waals surface area contributed by atoms with Gasteiger partial charge in [-0.3, -0.25) is 20.0 Å². The van der Waals surface area contributed by atoms with Gasteiger partial charge in [0.15, 0.2) is 5.67 Å². The molecule has 0 aliphatic carbocycles. The number of nitrogens with two attached hydrogens (primary N) is 1. The quantitative estimate of drug-likeness (QED) is 0.506. The number of nitrogens with zero attached hydrogens (tertiary/aromatic N) is 3. The Labute approximate surface area is 121 Å². The first-order valence-electron chi connectivity index (χ1n) is 6.48. The highest BCUT2D eigenvalue weighted by molar-refractivity contribution is 5.75. The summed E-state index contributed by atoms with van der Waals surface area (Å²) in [5.74, 6) is 0. The smallest absolute Gasteiger partial charge is 0.302 e. The number of nitro groups is 1. The highest BCUT2D eigenvalue weighted by Gasteiger charge is 2.48. The number of alkyl halides is 1. The molecule has 2 rings (SSSR count). The third-order valence-corrected chi connectivity index (χ3v) is 3.41. The number of hydrogen-bond donors (Lipinski definition) is 1. The molecular formula is C14H17FN4O2. The summed E-state index contributed by atoms with van der Waals surface area (Å²) in [5.41, 5.74) is 3.98. The monoisotopic (exact) mass is 292 g/mol. The average molecular weight is 292 g/mol. The molecule has 1 heterocycles. The lowest BCUT2D eigenvalue weighted by molar-refractivity contribution is -0.414. The Morgan fingerprint density at radius 1 is 1.52 bits per heavy atom. The Kier molecular flexibility index (Phi) is 4.32. The van der Waals surface area contributed by atoms with Gasteiger partial charge in [-0.05, 0) is 12.6 Å². The fourth-order valence-electron chi connectivity index (χ4n) is 2.48. The van der Waals surface area contributed by atoms with E-state index in [0.29, 0.717) is 5.56 Å². The second-order valence-corrected chi connectivity index (χ2v) is 5.15. The lowest BCUT2D eigenvalue weighted by Gasteiger charge is -2.45. The molecule has 0 amide bonds. The minimum Gasteiger partial charge on any atom is -0.399 e. The largest absolute Gasteiger partial charge is 0.399 e. The molecule has 1 aliphatic heterocycles. The van der Waals surface area contributed by atoms with Crippen LogP contribution in [-0.2, 0) is 0 Å². The van der Waals surface area contributed by atoms with E-state index in [9.17, 15) is 14.5 Å². The van der Waals surface area contributed by atoms with Crippen LogP contribution in [0.15, 0.2) is 47.2 Å². The predicted octanol–water partition coefficient (Wildman–Crippen LogP) is 1.53. The Morgan fingerprint density at radius 2 is 2.14 bits per heavy atom. The molecule has 1 aliphatic rings. The Hall–Kier alpha value is -2.28. The zero-order valence-electron chi connectivity index (χ0n) is 11.6. The minimum absolute atomic E-state index is 0.240. The second-order valence-electron chi connectivity index (χ2n) is 5.15. The van der Waals surface area contributed by atoms with E-state index in [4.69, 9.17) is 5.73 Å². The molecule has 21 heavy (non-hydrogen) atoms. The Morgan fingerprint density at radius 3 is 2.62 bits per heavy atom. The van der Waals surface area contributed by atoms with Crippen molar-refractivity contribution in [3.05, 3.63) is 57.9 Å². The van der Waals surface area contributed by atoms with Crippen LogP contribution in [0.4, 0.5) is 4.39 Å². The van der Waals surface area contributed by atoms with Gasteiger partial charge in [0.2, 0.25) is 0 Å². The van der Waals surface area contributed by atoms with Gasteiger partial charge in [-0.1, -0.05) is 30.3 Å². The molecule has 1 aromatic rings. The van der Waals surface area contributed by atoms with E-state index in [1.807, 2.05) is 18.0 Å². The van der Waals surface area contributed by atoms with Gasteiger partial charge in [0.1, 0.15) is 12.3 Å². The number of rotatable bonds is 5. The highest BCUT2D eigenvalue weighted by atomic mass is 19.1. The molecule has 1 saturated heterocycles. The van der Waals surface area contributed by atoms with E-state index in [1.54, 1.807) is 24.3 Å². The molecule has 2 N–H and O–H groups in total. The summed E-state index contributed by atoms with van der Waals surface area (Å²) in [6, 6.07) is 8.14. The number of hydrogen-bond acceptors (Lipinski definition) is 5. The molecule has 1 fully saturated rings. The number of likely N-dealkylation sites (tertiary alicyclic amines) is 1. The molecule has 7 heteroatoms. The molecule has 0 aromatic heterocycles. The van der Waals surface area contributed by atoms with Gasteiger partial charge in [0.05, 0.1) is 11.1 Å². The second kappa shape index (κ2) is 6.01. The summed E-state index contributed by atoms with van der Waals surface area (Å²) >= 11 is 0. The first kappa shape index (κ1) is 15.1. The van der Waals surface area contributed by atoms with Gasteiger partial charge in [-0.25, -0.2) is 4.39 Å². The first-order valence-corrected chi connectivity index (χ1v) is 6.48. The lowest BCUT2D eigenvalue weighted by Crippen LogP contribution is -2.59. The van der Waals surface area contributed by atoms with Crippen LogP contribution in [0.3, 0.4) is 0 Å². The van der Waals surface area contributed by atoms with Crippen LogP contribution in [0.1, 0.15) is 11.6 Å². The minimum atomic E-state index is -1.52. The summed E-state index contributed by atoms with van der Waals surface area (Å²) < 4.78 is 14.9. The molecule has 0 spiro atoms. The van der Waals surface area contributed by atoms with Crippen LogP contribution >= 0.6 is 0 Å². The normalized spacial score (nSPS) is 20.2. The topological polar surface area (TPSA) is 84.8 Å². The van der Waals surface area contributed by atoms with Crippen molar-refractivity contribution >= 4 is 6.21 Å². The van der Waals surface area contributed by atoms with Crippen molar-refractivity contribution in [2.24, 2.45) is 10.7 Å². The molecule has 1 aromatic carbocycles. The Balaban J connectivity index is 2.30. The molecular weight excluding hydrogens is 275 g/mol. The van der Waals surface area contributed by atoms with E-state index in [2.05, 4.69) is 4.99 Å². The van der Waals surface area contributed by atoms with E-state index in [1.165, 1.54) is 0 Å². The van der Waals surface area contributed by atoms with E-state index in [0.717, 1.165) is 12.4 Å². The lowest BCUT2D eigenvalue weighted by atomic mass is 9.84. The van der Waals surface area contributed by atoms with E-state index in [-0.39, 0.29) is 18.8 Å². The van der Waals surface area contributed by atoms with Crippen molar-refractivity contribution < 1.29 is 9.31 Å². The zero-order chi connectivity index (χ0) is 15.5. The summed E-state index contributed by atoms with van der Waals surface area (Å²) in [6.07, 6.45) is 1.88. The van der Waals surface area contributed by atoms with E-state index >= 15 is 0 Å². The third kappa shape index (κ3) is 3.25. The Bertz CT molecular complexity index is 568. The van der Waals surface area contributed by atoms with Crippen LogP contribution in [0.25, 0.3) is 0 Å². The van der Waals surface area contributed by atoms with Gasteiger partial charge in [0.25, 0.3) is 0 Å². The fraction of sp³-hybridized carbons (Fsp3) is 0.357. The van der Waals surface area contributed by atoms with Gasteiger partial charge < -0.3 is 5.73 Å². The van der Waals surface area contributed by atoms with Crippen molar-refractivity contribution in [2.75, 3.05) is 20.1 Å². The van der Waals surface area contributed by atoms with Gasteiger partial charge in [0, 0.05) is 13.1 Å². The maximum absolute atomic E-state index is 14.9. The molecule has 1 atom stereocenters. The first-order chi connectivity index (χ1) is 9.96. The average Bonchev–Trinajstić information content (AvgIpc) is 2.42. The van der Waals surface area contributed by atoms with Crippen LogP contribution in [0.5, 0.6) is 0 Å². The SMILES string of the molecule is CN1CC(F)(C(N=C/C(=C\N)[N+](=O)[O-])c2ccccc2)C1. The van der Waals surface area contributed by atoms with Gasteiger partial charge in [-0.2, -0.15) is 0 Å². The number of aliphatic imine (C=N–C) groups is 1. The fourth-order valence-corrected chi connectivity index (χ4v) is 2.48. The molecule has 0 bridgehead atoms. The molecule has 112 valence electrons. The van der Waals surface area contributed by atoms with Crippen molar-refractivity contribution in [3.8, 4) is 0 Å². The van der Waals surface area contributed by atoms with Crippen LogP contribution in [0.2, 0.25) is 0 Å². The number of benzene rings is 1. The number of halogens is 1. The zero-order valence-corrected chi connectivity index (χ0v) is 11.6. The summed E-state index contributed by atoms with van der Waals surface area (Å²) in [5, 5.41) is 10.7. The maximum atomic E-state index is 14.9. The van der Waals surface area contributed by atoms with Gasteiger partial charge in [-0.15, -0.1) is 0 Å². The van der Waals surface area contributed by atoms with Crippen LogP contribution < -0.4 is 5.73 Å². The van der Waals surface area contributed by atoms with Crippen molar-refractivity contribution in [3.63, 3.8) is 0 Å². The number of allylic oxidation sites excluding steroid dienone is 1. The third-order valence-electron chi connectivity index (χ3n) is 3.41. The molecule has 0 saturated carbocycles. The maximum Gasteiger partial charge on any atom is 0.302 e. The van der Waals surface area contributed by atoms with Crippen molar-refractivity contribution in [2.45, 2.75) is 11.7 Å². The van der Waals surface area contributed by atoms with Crippen molar-refractivity contribution in [1.82, 2.24) is 4.90 Å². The standard InChI is InChI=1S/C14H17FN4O2/c1-18-9-14(15,10-18)13(11-5-3-2-4-6-11)17-8-12(7-16)19(20)21/h2-8,13H,9-10,16H2,1H3/b12-7+,17-8?. The molecule has 1 unspecified atom stereocenters. The van der Waals surface area contributed by atoms with Crippen LogP contribution in [0, 0.1) is 10.1 Å². The predicted molar refractivity (Wildman–Crippen MR) is 78.3 cm³/mol. The summed E-state index contributed by atoms with van der Waals surface area (Å²) in [7, 11) is 1.81. The highest BCUT2D eigenvalue weighted by Crippen LogP contribution is 2.39. The van der Waals surface area contributed by atoms with E-state index < -0.39 is 16.6 Å². The van der Waals surface area contributed by atoms with Crippen molar-refractivity contribution in [1.29, 1.82) is 0 Å². The summed E-state index contributed by atoms with van der Waals surface area (Å²) in [6.45, 7) is 0.480.